The van der Waals surface area contributed by atoms with Crippen LogP contribution in [0.1, 0.15) is 37.6 Å². The molecule has 0 aliphatic heterocycles. The second-order valence-corrected chi connectivity index (χ2v) is 4.21. The van der Waals surface area contributed by atoms with Crippen molar-refractivity contribution in [2.45, 2.75) is 33.1 Å². The van der Waals surface area contributed by atoms with Gasteiger partial charge in [0.15, 0.2) is 0 Å². The molecule has 4 nitrogen and oxygen atoms in total. The van der Waals surface area contributed by atoms with Crippen molar-refractivity contribution < 1.29 is 9.52 Å². The third kappa shape index (κ3) is 2.30. The molecule has 1 N–H and O–H groups in total. The van der Waals surface area contributed by atoms with Gasteiger partial charge in [-0.25, -0.2) is 0 Å². The van der Waals surface area contributed by atoms with Gasteiger partial charge in [-0.3, -0.25) is 0 Å². The molecule has 0 saturated carbocycles. The smallest absolute Gasteiger partial charge is 0.247 e. The lowest BCUT2D eigenvalue weighted by Gasteiger charge is -2.11. The van der Waals surface area contributed by atoms with Crippen molar-refractivity contribution in [3.05, 3.63) is 29.7 Å². The molecule has 0 amide bonds. The Morgan fingerprint density at radius 3 is 2.65 bits per heavy atom. The Kier molecular flexibility index (Phi) is 3.13. The molecule has 0 radical (unpaired) electrons. The van der Waals surface area contributed by atoms with Crippen LogP contribution in [0.15, 0.2) is 22.6 Å². The van der Waals surface area contributed by atoms with Crippen LogP contribution in [0.3, 0.4) is 0 Å². The highest BCUT2D eigenvalue weighted by molar-refractivity contribution is 5.57. The fourth-order valence-electron chi connectivity index (χ4n) is 1.73. The van der Waals surface area contributed by atoms with E-state index < -0.39 is 0 Å². The number of nitrogens with zero attached hydrogens (tertiary/aromatic N) is 2. The lowest BCUT2D eigenvalue weighted by atomic mass is 9.96. The molecule has 0 spiro atoms. The summed E-state index contributed by atoms with van der Waals surface area (Å²) in [5, 5.41) is 17.7. The van der Waals surface area contributed by atoms with Gasteiger partial charge in [-0.2, -0.15) is 0 Å². The number of aromatic hydroxyl groups is 1. The first-order chi connectivity index (χ1) is 8.11. The van der Waals surface area contributed by atoms with Gasteiger partial charge in [0.25, 0.3) is 0 Å². The van der Waals surface area contributed by atoms with Crippen LogP contribution in [-0.2, 0) is 0 Å². The van der Waals surface area contributed by atoms with Crippen LogP contribution < -0.4 is 0 Å². The topological polar surface area (TPSA) is 59.2 Å². The number of phenolic OH excluding ortho intramolecular Hbond substituents is 1. The molecular formula is C13H16N2O2. The fraction of sp³-hybridized carbons (Fsp3) is 0.385. The van der Waals surface area contributed by atoms with Gasteiger partial charge in [0, 0.05) is 12.5 Å². The van der Waals surface area contributed by atoms with Gasteiger partial charge in [-0.05, 0) is 30.0 Å². The molecule has 1 aromatic carbocycles. The Labute approximate surface area is 100 Å². The first-order valence-electron chi connectivity index (χ1n) is 5.75. The predicted molar refractivity (Wildman–Crippen MR) is 64.8 cm³/mol. The second-order valence-electron chi connectivity index (χ2n) is 4.21. The van der Waals surface area contributed by atoms with Crippen molar-refractivity contribution in [1.82, 2.24) is 10.2 Å². The third-order valence-electron chi connectivity index (χ3n) is 2.95. The van der Waals surface area contributed by atoms with E-state index in [1.165, 1.54) is 0 Å². The van der Waals surface area contributed by atoms with E-state index in [0.717, 1.165) is 17.5 Å². The van der Waals surface area contributed by atoms with Crippen LogP contribution >= 0.6 is 0 Å². The molecular weight excluding hydrogens is 216 g/mol. The molecule has 1 unspecified atom stereocenters. The van der Waals surface area contributed by atoms with Crippen molar-refractivity contribution in [2.75, 3.05) is 0 Å². The summed E-state index contributed by atoms with van der Waals surface area (Å²) in [7, 11) is 0. The SMILES string of the molecule is CCC(C)c1ccc(-c2nnc(C)o2)cc1O. The van der Waals surface area contributed by atoms with E-state index in [9.17, 15) is 5.11 Å². The molecule has 2 rings (SSSR count). The molecule has 2 aromatic rings. The normalized spacial score (nSPS) is 12.6. The number of hydrogen-bond donors (Lipinski definition) is 1. The zero-order valence-corrected chi connectivity index (χ0v) is 10.3. The van der Waals surface area contributed by atoms with Crippen molar-refractivity contribution >= 4 is 0 Å². The van der Waals surface area contributed by atoms with E-state index in [1.807, 2.05) is 12.1 Å². The summed E-state index contributed by atoms with van der Waals surface area (Å²) in [5.74, 6) is 1.58. The van der Waals surface area contributed by atoms with E-state index in [2.05, 4.69) is 24.0 Å². The summed E-state index contributed by atoms with van der Waals surface area (Å²) in [6, 6.07) is 5.49. The average molecular weight is 232 g/mol. The summed E-state index contributed by atoms with van der Waals surface area (Å²) in [6.45, 7) is 5.93. The zero-order chi connectivity index (χ0) is 12.4. The molecule has 0 aliphatic carbocycles. The number of hydrogen-bond acceptors (Lipinski definition) is 4. The van der Waals surface area contributed by atoms with Gasteiger partial charge >= 0.3 is 0 Å². The van der Waals surface area contributed by atoms with Crippen molar-refractivity contribution in [3.8, 4) is 17.2 Å². The lowest BCUT2D eigenvalue weighted by Crippen LogP contribution is -1.92. The Bertz CT molecular complexity index is 520. The molecule has 0 aliphatic rings. The second kappa shape index (κ2) is 4.57. The minimum absolute atomic E-state index is 0.285. The first-order valence-corrected chi connectivity index (χ1v) is 5.75. The van der Waals surface area contributed by atoms with Crippen LogP contribution in [0.5, 0.6) is 5.75 Å². The summed E-state index contributed by atoms with van der Waals surface area (Å²) in [5.41, 5.74) is 1.70. The molecule has 17 heavy (non-hydrogen) atoms. The molecule has 0 bridgehead atoms. The fourth-order valence-corrected chi connectivity index (χ4v) is 1.73. The van der Waals surface area contributed by atoms with E-state index in [1.54, 1.807) is 13.0 Å². The van der Waals surface area contributed by atoms with E-state index in [4.69, 9.17) is 4.42 Å². The first kappa shape index (κ1) is 11.6. The van der Waals surface area contributed by atoms with Crippen molar-refractivity contribution in [3.63, 3.8) is 0 Å². The number of phenols is 1. The third-order valence-corrected chi connectivity index (χ3v) is 2.95. The van der Waals surface area contributed by atoms with Crippen LogP contribution in [0.2, 0.25) is 0 Å². The minimum atomic E-state index is 0.285. The Morgan fingerprint density at radius 1 is 1.35 bits per heavy atom. The predicted octanol–water partition coefficient (Wildman–Crippen LogP) is 3.26. The van der Waals surface area contributed by atoms with Crippen LogP contribution in [-0.4, -0.2) is 15.3 Å². The average Bonchev–Trinajstić information content (AvgIpc) is 2.75. The molecule has 4 heteroatoms. The maximum Gasteiger partial charge on any atom is 0.247 e. The molecule has 0 saturated heterocycles. The van der Waals surface area contributed by atoms with Crippen LogP contribution in [0.4, 0.5) is 0 Å². The number of aryl methyl sites for hydroxylation is 1. The van der Waals surface area contributed by atoms with Gasteiger partial charge in [-0.15, -0.1) is 10.2 Å². The summed E-state index contributed by atoms with van der Waals surface area (Å²) in [4.78, 5) is 0. The van der Waals surface area contributed by atoms with Crippen molar-refractivity contribution in [2.24, 2.45) is 0 Å². The summed E-state index contributed by atoms with van der Waals surface area (Å²) < 4.78 is 5.32. The molecule has 1 aromatic heterocycles. The van der Waals surface area contributed by atoms with Gasteiger partial charge in [-0.1, -0.05) is 19.9 Å². The lowest BCUT2D eigenvalue weighted by molar-refractivity contribution is 0.461. The highest BCUT2D eigenvalue weighted by Crippen LogP contribution is 2.31. The summed E-state index contributed by atoms with van der Waals surface area (Å²) >= 11 is 0. The molecule has 90 valence electrons. The van der Waals surface area contributed by atoms with Gasteiger partial charge in [0.1, 0.15) is 5.75 Å². The zero-order valence-electron chi connectivity index (χ0n) is 10.3. The van der Waals surface area contributed by atoms with E-state index in [0.29, 0.717) is 17.7 Å². The highest BCUT2D eigenvalue weighted by Gasteiger charge is 2.12. The minimum Gasteiger partial charge on any atom is -0.508 e. The van der Waals surface area contributed by atoms with Crippen LogP contribution in [0.25, 0.3) is 11.5 Å². The number of rotatable bonds is 3. The van der Waals surface area contributed by atoms with Gasteiger partial charge < -0.3 is 9.52 Å². The highest BCUT2D eigenvalue weighted by atomic mass is 16.4. The molecule has 1 atom stereocenters. The van der Waals surface area contributed by atoms with E-state index >= 15 is 0 Å². The summed E-state index contributed by atoms with van der Waals surface area (Å²) in [6.07, 6.45) is 0.993. The Morgan fingerprint density at radius 2 is 2.12 bits per heavy atom. The maximum absolute atomic E-state index is 9.97. The van der Waals surface area contributed by atoms with Gasteiger partial charge in [0.2, 0.25) is 11.8 Å². The number of aromatic nitrogens is 2. The number of benzene rings is 1. The van der Waals surface area contributed by atoms with Gasteiger partial charge in [0.05, 0.1) is 0 Å². The maximum atomic E-state index is 9.97. The molecule has 1 heterocycles. The standard InChI is InChI=1S/C13H16N2O2/c1-4-8(2)11-6-5-10(7-12(11)16)13-15-14-9(3)17-13/h5-8,16H,4H2,1-3H3. The Balaban J connectivity index is 2.37. The Hall–Kier alpha value is -1.84. The monoisotopic (exact) mass is 232 g/mol. The largest absolute Gasteiger partial charge is 0.508 e. The van der Waals surface area contributed by atoms with E-state index in [-0.39, 0.29) is 5.75 Å². The van der Waals surface area contributed by atoms with Crippen LogP contribution in [0, 0.1) is 6.92 Å². The van der Waals surface area contributed by atoms with Crippen molar-refractivity contribution in [1.29, 1.82) is 0 Å². The molecule has 0 fully saturated rings. The quantitative estimate of drug-likeness (QED) is 0.882.